The van der Waals surface area contributed by atoms with Gasteiger partial charge in [-0.1, -0.05) is 12.1 Å². The molecule has 0 saturated carbocycles. The number of hydrogen-bond acceptors (Lipinski definition) is 5. The molecule has 1 heterocycles. The summed E-state index contributed by atoms with van der Waals surface area (Å²) in [5.41, 5.74) is -0.365. The minimum atomic E-state index is -1.18. The molecule has 0 saturated heterocycles. The molecule has 0 aliphatic carbocycles. The van der Waals surface area contributed by atoms with E-state index in [1.807, 2.05) is 0 Å². The first kappa shape index (κ1) is 12.5. The number of aromatic carboxylic acids is 1. The third-order valence-corrected chi connectivity index (χ3v) is 2.30. The van der Waals surface area contributed by atoms with E-state index in [4.69, 9.17) is 9.84 Å². The van der Waals surface area contributed by atoms with Crippen LogP contribution in [0.5, 0.6) is 11.5 Å². The second kappa shape index (κ2) is 5.13. The monoisotopic (exact) mass is 260 g/mol. The molecule has 7 nitrogen and oxygen atoms in total. The Morgan fingerprint density at radius 1 is 1.26 bits per heavy atom. The van der Waals surface area contributed by atoms with Gasteiger partial charge in [-0.3, -0.25) is 15.1 Å². The van der Waals surface area contributed by atoms with Gasteiger partial charge < -0.3 is 9.84 Å². The molecule has 0 amide bonds. The molecule has 0 unspecified atom stereocenters. The van der Waals surface area contributed by atoms with E-state index < -0.39 is 10.9 Å². The average Bonchev–Trinajstić information content (AvgIpc) is 2.39. The highest BCUT2D eigenvalue weighted by atomic mass is 16.6. The molecule has 96 valence electrons. The standard InChI is InChI=1S/C12H8N2O5/c15-12(16)8-3-1-2-4-10(8)19-11-7-13-6-5-9(11)14(17)18/h1-7H,(H,15,16). The number of nitrogens with zero attached hydrogens (tertiary/aromatic N) is 2. The molecule has 2 aromatic rings. The summed E-state index contributed by atoms with van der Waals surface area (Å²) < 4.78 is 5.28. The van der Waals surface area contributed by atoms with Crippen LogP contribution in [0.25, 0.3) is 0 Å². The van der Waals surface area contributed by atoms with Crippen molar-refractivity contribution >= 4 is 11.7 Å². The van der Waals surface area contributed by atoms with Gasteiger partial charge in [-0.05, 0) is 12.1 Å². The van der Waals surface area contributed by atoms with Crippen LogP contribution in [-0.2, 0) is 0 Å². The number of ether oxygens (including phenoxy) is 1. The molecule has 1 N–H and O–H groups in total. The van der Waals surface area contributed by atoms with Gasteiger partial charge in [-0.2, -0.15) is 0 Å². The van der Waals surface area contributed by atoms with Crippen LogP contribution < -0.4 is 4.74 Å². The van der Waals surface area contributed by atoms with Crippen molar-refractivity contribution in [2.75, 3.05) is 0 Å². The second-order valence-electron chi connectivity index (χ2n) is 3.50. The molecule has 0 aliphatic heterocycles. The van der Waals surface area contributed by atoms with Crippen LogP contribution in [0, 0.1) is 10.1 Å². The molecular formula is C12H8N2O5. The predicted octanol–water partition coefficient (Wildman–Crippen LogP) is 2.48. The second-order valence-corrected chi connectivity index (χ2v) is 3.50. The smallest absolute Gasteiger partial charge is 0.339 e. The largest absolute Gasteiger partial charge is 0.478 e. The summed E-state index contributed by atoms with van der Waals surface area (Å²) in [5.74, 6) is -1.27. The van der Waals surface area contributed by atoms with Crippen LogP contribution in [0.4, 0.5) is 5.69 Å². The summed E-state index contributed by atoms with van der Waals surface area (Å²) in [5, 5.41) is 19.8. The molecule has 0 bridgehead atoms. The molecule has 0 atom stereocenters. The number of para-hydroxylation sites is 1. The van der Waals surface area contributed by atoms with Crippen molar-refractivity contribution in [1.82, 2.24) is 4.98 Å². The number of benzene rings is 1. The lowest BCUT2D eigenvalue weighted by atomic mass is 10.2. The number of pyridine rings is 1. The van der Waals surface area contributed by atoms with Gasteiger partial charge in [-0.25, -0.2) is 4.79 Å². The minimum Gasteiger partial charge on any atom is -0.478 e. The highest BCUT2D eigenvalue weighted by Gasteiger charge is 2.18. The Labute approximate surface area is 107 Å². The Kier molecular flexibility index (Phi) is 3.37. The van der Waals surface area contributed by atoms with Gasteiger partial charge in [0.2, 0.25) is 5.75 Å². The first-order chi connectivity index (χ1) is 9.09. The number of nitro groups is 1. The fourth-order valence-electron chi connectivity index (χ4n) is 1.45. The number of carboxylic acids is 1. The van der Waals surface area contributed by atoms with E-state index in [1.54, 1.807) is 6.07 Å². The van der Waals surface area contributed by atoms with Crippen molar-refractivity contribution in [2.45, 2.75) is 0 Å². The van der Waals surface area contributed by atoms with Crippen molar-refractivity contribution < 1.29 is 19.6 Å². The number of hydrogen-bond donors (Lipinski definition) is 1. The van der Waals surface area contributed by atoms with Crippen molar-refractivity contribution in [3.63, 3.8) is 0 Å². The first-order valence-corrected chi connectivity index (χ1v) is 5.18. The maximum atomic E-state index is 11.0. The lowest BCUT2D eigenvalue weighted by Crippen LogP contribution is -2.01. The Balaban J connectivity index is 2.42. The van der Waals surface area contributed by atoms with Crippen molar-refractivity contribution in [3.05, 3.63) is 58.4 Å². The number of rotatable bonds is 4. The Hall–Kier alpha value is -2.96. The lowest BCUT2D eigenvalue weighted by molar-refractivity contribution is -0.385. The average molecular weight is 260 g/mol. The molecular weight excluding hydrogens is 252 g/mol. The lowest BCUT2D eigenvalue weighted by Gasteiger charge is -2.07. The van der Waals surface area contributed by atoms with Crippen LogP contribution in [-0.4, -0.2) is 21.0 Å². The fraction of sp³-hybridized carbons (Fsp3) is 0. The number of carbonyl (C=O) groups is 1. The van der Waals surface area contributed by atoms with Gasteiger partial charge in [0.25, 0.3) is 0 Å². The third kappa shape index (κ3) is 2.65. The quantitative estimate of drug-likeness (QED) is 0.669. The maximum Gasteiger partial charge on any atom is 0.339 e. The summed E-state index contributed by atoms with van der Waals surface area (Å²) in [4.78, 5) is 24.9. The van der Waals surface area contributed by atoms with Crippen molar-refractivity contribution in [2.24, 2.45) is 0 Å². The minimum absolute atomic E-state index is 0.0195. The summed E-state index contributed by atoms with van der Waals surface area (Å²) in [6.07, 6.45) is 2.42. The molecule has 0 radical (unpaired) electrons. The topological polar surface area (TPSA) is 103 Å². The van der Waals surface area contributed by atoms with Crippen LogP contribution >= 0.6 is 0 Å². The molecule has 0 fully saturated rings. The molecule has 1 aromatic carbocycles. The molecule has 19 heavy (non-hydrogen) atoms. The molecule has 1 aromatic heterocycles. The van der Waals surface area contributed by atoms with Crippen LogP contribution in [0.1, 0.15) is 10.4 Å². The van der Waals surface area contributed by atoms with Gasteiger partial charge in [0, 0.05) is 12.3 Å². The van der Waals surface area contributed by atoms with Crippen LogP contribution in [0.2, 0.25) is 0 Å². The maximum absolute atomic E-state index is 11.0. The highest BCUT2D eigenvalue weighted by Crippen LogP contribution is 2.31. The van der Waals surface area contributed by atoms with Crippen LogP contribution in [0.15, 0.2) is 42.7 Å². The van der Waals surface area contributed by atoms with Crippen molar-refractivity contribution in [1.29, 1.82) is 0 Å². The highest BCUT2D eigenvalue weighted by molar-refractivity contribution is 5.91. The normalized spacial score (nSPS) is 9.89. The van der Waals surface area contributed by atoms with Gasteiger partial charge in [0.1, 0.15) is 11.3 Å². The Morgan fingerprint density at radius 2 is 2.00 bits per heavy atom. The van der Waals surface area contributed by atoms with Gasteiger partial charge in [0.05, 0.1) is 11.1 Å². The van der Waals surface area contributed by atoms with Gasteiger partial charge in [-0.15, -0.1) is 0 Å². The summed E-state index contributed by atoms with van der Waals surface area (Å²) in [7, 11) is 0. The predicted molar refractivity (Wildman–Crippen MR) is 64.4 cm³/mol. The van der Waals surface area contributed by atoms with E-state index in [9.17, 15) is 14.9 Å². The first-order valence-electron chi connectivity index (χ1n) is 5.18. The zero-order valence-corrected chi connectivity index (χ0v) is 9.52. The zero-order valence-electron chi connectivity index (χ0n) is 9.52. The number of carboxylic acid groups (broad SMARTS) is 1. The van der Waals surface area contributed by atoms with E-state index in [0.717, 1.165) is 6.20 Å². The SMILES string of the molecule is O=C(O)c1ccccc1Oc1cnccc1[N+](=O)[O-]. The Bertz CT molecular complexity index is 586. The van der Waals surface area contributed by atoms with E-state index in [2.05, 4.69) is 4.98 Å². The summed E-state index contributed by atoms with van der Waals surface area (Å²) in [6, 6.07) is 7.05. The van der Waals surface area contributed by atoms with Gasteiger partial charge >= 0.3 is 11.7 Å². The summed E-state index contributed by atoms with van der Waals surface area (Å²) in [6.45, 7) is 0. The van der Waals surface area contributed by atoms with E-state index >= 15 is 0 Å². The molecule has 2 rings (SSSR count). The van der Waals surface area contributed by atoms with Crippen LogP contribution in [0.3, 0.4) is 0 Å². The third-order valence-electron chi connectivity index (χ3n) is 2.30. The Morgan fingerprint density at radius 3 is 2.68 bits per heavy atom. The molecule has 0 spiro atoms. The summed E-state index contributed by atoms with van der Waals surface area (Å²) >= 11 is 0. The zero-order chi connectivity index (χ0) is 13.8. The molecule has 7 heteroatoms. The van der Waals surface area contributed by atoms with E-state index in [0.29, 0.717) is 0 Å². The fourth-order valence-corrected chi connectivity index (χ4v) is 1.45. The number of aromatic nitrogens is 1. The van der Waals surface area contributed by atoms with E-state index in [-0.39, 0.29) is 22.7 Å². The van der Waals surface area contributed by atoms with E-state index in [1.165, 1.54) is 30.5 Å². The van der Waals surface area contributed by atoms with Crippen molar-refractivity contribution in [3.8, 4) is 11.5 Å². The molecule has 0 aliphatic rings. The van der Waals surface area contributed by atoms with Gasteiger partial charge in [0.15, 0.2) is 0 Å².